The number of carbonyl (C=O) groups is 2. The second kappa shape index (κ2) is 5.71. The van der Waals surface area contributed by atoms with Gasteiger partial charge in [0.15, 0.2) is 0 Å². The predicted molar refractivity (Wildman–Crippen MR) is 44.7 cm³/mol. The average molecular weight is 173 g/mol. The molecule has 1 unspecified atom stereocenters. The summed E-state index contributed by atoms with van der Waals surface area (Å²) >= 11 is 0. The molecule has 0 fully saturated rings. The maximum atomic E-state index is 11.1. The lowest BCUT2D eigenvalue weighted by Gasteiger charge is -2.06. The molecule has 0 aromatic heterocycles. The van der Waals surface area contributed by atoms with Gasteiger partial charge in [-0.1, -0.05) is 13.3 Å². The summed E-state index contributed by atoms with van der Waals surface area (Å²) in [5, 5.41) is 8.54. The summed E-state index contributed by atoms with van der Waals surface area (Å²) < 4.78 is 0. The summed E-state index contributed by atoms with van der Waals surface area (Å²) in [5.74, 6) is -2.37. The van der Waals surface area contributed by atoms with Gasteiger partial charge in [0.1, 0.15) is 11.7 Å². The monoisotopic (exact) mass is 173 g/mol. The maximum absolute atomic E-state index is 11.1. The number of carboxylic acid groups (broad SMARTS) is 1. The zero-order chi connectivity index (χ0) is 9.56. The van der Waals surface area contributed by atoms with E-state index in [4.69, 9.17) is 10.8 Å². The highest BCUT2D eigenvalue weighted by molar-refractivity contribution is 5.98. The van der Waals surface area contributed by atoms with Gasteiger partial charge in [0, 0.05) is 13.0 Å². The third-order valence-corrected chi connectivity index (χ3v) is 1.70. The van der Waals surface area contributed by atoms with Crippen molar-refractivity contribution < 1.29 is 14.7 Å². The molecule has 0 aliphatic heterocycles. The molecule has 0 radical (unpaired) electrons. The van der Waals surface area contributed by atoms with E-state index in [0.29, 0.717) is 6.42 Å². The highest BCUT2D eigenvalue weighted by atomic mass is 16.4. The lowest BCUT2D eigenvalue weighted by Crippen LogP contribution is -2.30. The van der Waals surface area contributed by atoms with E-state index in [2.05, 4.69) is 0 Å². The number of unbranched alkanes of at least 4 members (excludes halogenated alkanes) is 1. The molecular formula is C8H15NO3. The molecule has 3 N–H and O–H groups in total. The minimum atomic E-state index is -1.11. The molecule has 4 heteroatoms. The fourth-order valence-electron chi connectivity index (χ4n) is 0.895. The van der Waals surface area contributed by atoms with Gasteiger partial charge in [0.05, 0.1) is 0 Å². The predicted octanol–water partition coefficient (Wildman–Crippen LogP) is 0.405. The molecule has 0 saturated heterocycles. The van der Waals surface area contributed by atoms with E-state index in [9.17, 15) is 9.59 Å². The van der Waals surface area contributed by atoms with Crippen LogP contribution in [0, 0.1) is 5.92 Å². The SMILES string of the molecule is CCCCC(=O)C(CN)C(=O)O. The third-order valence-electron chi connectivity index (χ3n) is 1.70. The van der Waals surface area contributed by atoms with Gasteiger partial charge in [-0.2, -0.15) is 0 Å². The van der Waals surface area contributed by atoms with Crippen LogP contribution in [0.2, 0.25) is 0 Å². The smallest absolute Gasteiger partial charge is 0.315 e. The molecule has 0 aliphatic rings. The zero-order valence-electron chi connectivity index (χ0n) is 7.25. The van der Waals surface area contributed by atoms with Gasteiger partial charge in [-0.3, -0.25) is 9.59 Å². The summed E-state index contributed by atoms with van der Waals surface area (Å²) in [7, 11) is 0. The van der Waals surface area contributed by atoms with Crippen LogP contribution < -0.4 is 5.73 Å². The molecule has 4 nitrogen and oxygen atoms in total. The summed E-state index contributed by atoms with van der Waals surface area (Å²) in [6.07, 6.45) is 1.95. The van der Waals surface area contributed by atoms with Crippen molar-refractivity contribution in [2.45, 2.75) is 26.2 Å². The van der Waals surface area contributed by atoms with Crippen LogP contribution >= 0.6 is 0 Å². The fourth-order valence-corrected chi connectivity index (χ4v) is 0.895. The van der Waals surface area contributed by atoms with E-state index in [-0.39, 0.29) is 12.3 Å². The van der Waals surface area contributed by atoms with Crippen LogP contribution in [0.1, 0.15) is 26.2 Å². The number of carbonyl (C=O) groups excluding carboxylic acids is 1. The lowest BCUT2D eigenvalue weighted by atomic mass is 10.0. The van der Waals surface area contributed by atoms with Crippen LogP contribution in [0.25, 0.3) is 0 Å². The summed E-state index contributed by atoms with van der Waals surface area (Å²) in [5.41, 5.74) is 5.14. The largest absolute Gasteiger partial charge is 0.481 e. The Morgan fingerprint density at radius 1 is 1.50 bits per heavy atom. The summed E-state index contributed by atoms with van der Waals surface area (Å²) in [4.78, 5) is 21.5. The Balaban J connectivity index is 3.95. The topological polar surface area (TPSA) is 80.4 Å². The molecule has 1 atom stereocenters. The zero-order valence-corrected chi connectivity index (χ0v) is 7.25. The molecule has 0 aliphatic carbocycles. The molecule has 0 bridgehead atoms. The lowest BCUT2D eigenvalue weighted by molar-refractivity contribution is -0.145. The second-order valence-electron chi connectivity index (χ2n) is 2.70. The van der Waals surface area contributed by atoms with Gasteiger partial charge in [0.2, 0.25) is 0 Å². The van der Waals surface area contributed by atoms with Gasteiger partial charge < -0.3 is 10.8 Å². The molecule has 0 heterocycles. The Kier molecular flexibility index (Phi) is 5.28. The highest BCUT2D eigenvalue weighted by Gasteiger charge is 2.23. The standard InChI is InChI=1S/C8H15NO3/c1-2-3-4-7(10)6(5-9)8(11)12/h6H,2-5,9H2,1H3,(H,11,12). The first-order chi connectivity index (χ1) is 5.63. The Morgan fingerprint density at radius 3 is 2.42 bits per heavy atom. The van der Waals surface area contributed by atoms with Crippen molar-refractivity contribution >= 4 is 11.8 Å². The van der Waals surface area contributed by atoms with Crippen molar-refractivity contribution in [3.05, 3.63) is 0 Å². The Morgan fingerprint density at radius 2 is 2.08 bits per heavy atom. The molecule has 0 aromatic carbocycles. The van der Waals surface area contributed by atoms with Crippen LogP contribution in [-0.2, 0) is 9.59 Å². The number of ketones is 1. The molecular weight excluding hydrogens is 158 g/mol. The summed E-state index contributed by atoms with van der Waals surface area (Å²) in [6, 6.07) is 0. The Hall–Kier alpha value is -0.900. The fraction of sp³-hybridized carbons (Fsp3) is 0.750. The van der Waals surface area contributed by atoms with Crippen LogP contribution in [-0.4, -0.2) is 23.4 Å². The minimum absolute atomic E-state index is 0.0993. The Labute approximate surface area is 71.8 Å². The Bertz CT molecular complexity index is 168. The van der Waals surface area contributed by atoms with Crippen molar-refractivity contribution in [2.75, 3.05) is 6.54 Å². The molecule has 0 amide bonds. The molecule has 0 aromatic rings. The van der Waals surface area contributed by atoms with E-state index in [1.54, 1.807) is 0 Å². The van der Waals surface area contributed by atoms with Crippen molar-refractivity contribution in [2.24, 2.45) is 11.7 Å². The molecule has 0 spiro atoms. The molecule has 0 rings (SSSR count). The summed E-state index contributed by atoms with van der Waals surface area (Å²) in [6.45, 7) is 1.85. The number of carboxylic acids is 1. The van der Waals surface area contributed by atoms with E-state index in [0.717, 1.165) is 12.8 Å². The van der Waals surface area contributed by atoms with Gasteiger partial charge in [-0.15, -0.1) is 0 Å². The number of Topliss-reactive ketones (excluding diaryl/α,β-unsaturated/α-hetero) is 1. The van der Waals surface area contributed by atoms with Crippen LogP contribution in [0.4, 0.5) is 0 Å². The second-order valence-corrected chi connectivity index (χ2v) is 2.70. The quantitative estimate of drug-likeness (QED) is 0.570. The van der Waals surface area contributed by atoms with Crippen molar-refractivity contribution in [1.29, 1.82) is 0 Å². The number of hydrogen-bond donors (Lipinski definition) is 2. The van der Waals surface area contributed by atoms with Crippen LogP contribution in [0.5, 0.6) is 0 Å². The molecule has 70 valence electrons. The van der Waals surface area contributed by atoms with E-state index >= 15 is 0 Å². The first-order valence-corrected chi connectivity index (χ1v) is 4.09. The molecule has 12 heavy (non-hydrogen) atoms. The first-order valence-electron chi connectivity index (χ1n) is 4.09. The van der Waals surface area contributed by atoms with E-state index in [1.165, 1.54) is 0 Å². The van der Waals surface area contributed by atoms with Gasteiger partial charge in [-0.05, 0) is 6.42 Å². The number of rotatable bonds is 6. The van der Waals surface area contributed by atoms with Crippen molar-refractivity contribution in [1.82, 2.24) is 0 Å². The van der Waals surface area contributed by atoms with Gasteiger partial charge in [-0.25, -0.2) is 0 Å². The van der Waals surface area contributed by atoms with Crippen LogP contribution in [0.15, 0.2) is 0 Å². The number of hydrogen-bond acceptors (Lipinski definition) is 3. The first kappa shape index (κ1) is 11.1. The average Bonchev–Trinajstić information content (AvgIpc) is 2.01. The van der Waals surface area contributed by atoms with E-state index in [1.807, 2.05) is 6.92 Å². The minimum Gasteiger partial charge on any atom is -0.481 e. The number of nitrogens with two attached hydrogens (primary N) is 1. The highest BCUT2D eigenvalue weighted by Crippen LogP contribution is 2.04. The van der Waals surface area contributed by atoms with E-state index < -0.39 is 11.9 Å². The molecule has 0 saturated carbocycles. The van der Waals surface area contributed by atoms with Crippen molar-refractivity contribution in [3.8, 4) is 0 Å². The third kappa shape index (κ3) is 3.48. The maximum Gasteiger partial charge on any atom is 0.315 e. The van der Waals surface area contributed by atoms with Crippen LogP contribution in [0.3, 0.4) is 0 Å². The van der Waals surface area contributed by atoms with Gasteiger partial charge >= 0.3 is 5.97 Å². The number of aliphatic carboxylic acids is 1. The normalized spacial score (nSPS) is 12.5. The van der Waals surface area contributed by atoms with Gasteiger partial charge in [0.25, 0.3) is 0 Å². The van der Waals surface area contributed by atoms with Crippen molar-refractivity contribution in [3.63, 3.8) is 0 Å².